The molecule has 0 saturated heterocycles. The van der Waals surface area contributed by atoms with Crippen LogP contribution in [-0.2, 0) is 0 Å². The molecule has 2 nitrogen and oxygen atoms in total. The Balaban J connectivity index is 3.03. The van der Waals surface area contributed by atoms with Crippen molar-refractivity contribution < 1.29 is 4.79 Å². The number of rotatable bonds is 5. The summed E-state index contributed by atoms with van der Waals surface area (Å²) in [6, 6.07) is 5.52. The molecule has 0 aliphatic carbocycles. The molecule has 0 spiro atoms. The van der Waals surface area contributed by atoms with E-state index in [1.165, 1.54) is 0 Å². The summed E-state index contributed by atoms with van der Waals surface area (Å²) in [6.45, 7) is 8.31. The summed E-state index contributed by atoms with van der Waals surface area (Å²) in [5, 5.41) is 0. The van der Waals surface area contributed by atoms with E-state index in [1.54, 1.807) is 23.1 Å². The molecule has 0 saturated carbocycles. The third kappa shape index (κ3) is 3.82. The van der Waals surface area contributed by atoms with Crippen LogP contribution in [0.15, 0.2) is 52.5 Å². The first kappa shape index (κ1) is 14.2. The first-order valence-electron chi connectivity index (χ1n) is 5.06. The Morgan fingerprint density at radius 1 is 1.24 bits per heavy atom. The van der Waals surface area contributed by atoms with Crippen molar-refractivity contribution in [2.45, 2.75) is 0 Å². The van der Waals surface area contributed by atoms with Gasteiger partial charge in [0.15, 0.2) is 0 Å². The molecule has 0 N–H and O–H groups in total. The zero-order valence-electron chi connectivity index (χ0n) is 9.33. The Bertz CT molecular complexity index is 433. The van der Waals surface area contributed by atoms with E-state index in [0.717, 1.165) is 8.95 Å². The zero-order valence-corrected chi connectivity index (χ0v) is 12.5. The number of hydrogen-bond acceptors (Lipinski definition) is 1. The molecule has 0 unspecified atom stereocenters. The molecule has 0 aliphatic heterocycles. The van der Waals surface area contributed by atoms with Crippen LogP contribution in [0.5, 0.6) is 0 Å². The third-order valence-corrected chi connectivity index (χ3v) is 3.33. The molecule has 0 fully saturated rings. The van der Waals surface area contributed by atoms with Crippen molar-refractivity contribution in [1.82, 2.24) is 4.90 Å². The second-order valence-electron chi connectivity index (χ2n) is 3.41. The normalized spacial score (nSPS) is 9.76. The summed E-state index contributed by atoms with van der Waals surface area (Å²) in [5.74, 6) is -0.0435. The van der Waals surface area contributed by atoms with Crippen LogP contribution in [0.1, 0.15) is 10.4 Å². The maximum atomic E-state index is 12.3. The molecule has 0 heterocycles. The molecule has 0 radical (unpaired) electrons. The van der Waals surface area contributed by atoms with Gasteiger partial charge in [-0.1, -0.05) is 28.1 Å². The SMILES string of the molecule is C=CCN(CC=C)C(=O)c1cc(Br)ccc1Br. The average molecular weight is 359 g/mol. The molecule has 4 heteroatoms. The quantitative estimate of drug-likeness (QED) is 0.728. The lowest BCUT2D eigenvalue weighted by Crippen LogP contribution is -2.31. The van der Waals surface area contributed by atoms with E-state index < -0.39 is 0 Å². The van der Waals surface area contributed by atoms with Crippen LogP contribution >= 0.6 is 31.9 Å². The highest BCUT2D eigenvalue weighted by Crippen LogP contribution is 2.22. The number of benzene rings is 1. The van der Waals surface area contributed by atoms with E-state index in [4.69, 9.17) is 0 Å². The van der Waals surface area contributed by atoms with Gasteiger partial charge in [-0.25, -0.2) is 0 Å². The van der Waals surface area contributed by atoms with Crippen molar-refractivity contribution in [2.75, 3.05) is 13.1 Å². The van der Waals surface area contributed by atoms with Gasteiger partial charge in [-0.15, -0.1) is 13.2 Å². The molecular formula is C13H13Br2NO. The van der Waals surface area contributed by atoms with E-state index in [1.807, 2.05) is 12.1 Å². The monoisotopic (exact) mass is 357 g/mol. The first-order chi connectivity index (χ1) is 8.10. The standard InChI is InChI=1S/C13H13Br2NO/c1-3-7-16(8-4-2)13(17)11-9-10(14)5-6-12(11)15/h3-6,9H,1-2,7-8H2. The predicted octanol–water partition coefficient (Wildman–Crippen LogP) is 4.03. The van der Waals surface area contributed by atoms with Crippen LogP contribution in [0.4, 0.5) is 0 Å². The largest absolute Gasteiger partial charge is 0.331 e. The Morgan fingerprint density at radius 2 is 1.82 bits per heavy atom. The Kier molecular flexibility index (Phi) is 5.65. The maximum absolute atomic E-state index is 12.3. The van der Waals surface area contributed by atoms with Gasteiger partial charge >= 0.3 is 0 Å². The van der Waals surface area contributed by atoms with Crippen LogP contribution < -0.4 is 0 Å². The third-order valence-electron chi connectivity index (χ3n) is 2.15. The number of halogens is 2. The van der Waals surface area contributed by atoms with Gasteiger partial charge in [0.1, 0.15) is 0 Å². The fraction of sp³-hybridized carbons (Fsp3) is 0.154. The minimum atomic E-state index is -0.0435. The highest BCUT2D eigenvalue weighted by atomic mass is 79.9. The van der Waals surface area contributed by atoms with Gasteiger partial charge in [0, 0.05) is 22.0 Å². The second kappa shape index (κ2) is 6.77. The molecular weight excluding hydrogens is 346 g/mol. The molecule has 0 aliphatic rings. The van der Waals surface area contributed by atoms with Crippen molar-refractivity contribution >= 4 is 37.8 Å². The molecule has 1 rings (SSSR count). The fourth-order valence-electron chi connectivity index (χ4n) is 1.38. The lowest BCUT2D eigenvalue weighted by atomic mass is 10.2. The Labute approximate surface area is 118 Å². The van der Waals surface area contributed by atoms with Gasteiger partial charge in [0.2, 0.25) is 0 Å². The van der Waals surface area contributed by atoms with E-state index in [9.17, 15) is 4.79 Å². The average Bonchev–Trinajstić information content (AvgIpc) is 2.31. The van der Waals surface area contributed by atoms with Crippen LogP contribution in [0, 0.1) is 0 Å². The Morgan fingerprint density at radius 3 is 2.35 bits per heavy atom. The van der Waals surface area contributed by atoms with E-state index >= 15 is 0 Å². The van der Waals surface area contributed by atoms with Crippen LogP contribution in [-0.4, -0.2) is 23.9 Å². The van der Waals surface area contributed by atoms with Crippen LogP contribution in [0.3, 0.4) is 0 Å². The number of carbonyl (C=O) groups excluding carboxylic acids is 1. The van der Waals surface area contributed by atoms with E-state index in [0.29, 0.717) is 18.7 Å². The molecule has 0 bridgehead atoms. The van der Waals surface area contributed by atoms with Gasteiger partial charge in [-0.2, -0.15) is 0 Å². The number of carbonyl (C=O) groups is 1. The molecule has 90 valence electrons. The van der Waals surface area contributed by atoms with Crippen molar-refractivity contribution in [3.8, 4) is 0 Å². The molecule has 0 atom stereocenters. The highest BCUT2D eigenvalue weighted by molar-refractivity contribution is 9.11. The summed E-state index contributed by atoms with van der Waals surface area (Å²) in [7, 11) is 0. The van der Waals surface area contributed by atoms with E-state index in [2.05, 4.69) is 45.0 Å². The first-order valence-corrected chi connectivity index (χ1v) is 6.65. The molecule has 1 aromatic carbocycles. The van der Waals surface area contributed by atoms with Crippen molar-refractivity contribution in [2.24, 2.45) is 0 Å². The summed E-state index contributed by atoms with van der Waals surface area (Å²) in [4.78, 5) is 14.0. The molecule has 1 amide bonds. The molecule has 1 aromatic rings. The molecule has 17 heavy (non-hydrogen) atoms. The summed E-state index contributed by atoms with van der Waals surface area (Å²) in [5.41, 5.74) is 0.628. The smallest absolute Gasteiger partial charge is 0.255 e. The lowest BCUT2D eigenvalue weighted by molar-refractivity contribution is 0.0790. The Hall–Kier alpha value is -0.870. The summed E-state index contributed by atoms with van der Waals surface area (Å²) >= 11 is 6.74. The minimum absolute atomic E-state index is 0.0435. The number of hydrogen-bond donors (Lipinski definition) is 0. The highest BCUT2D eigenvalue weighted by Gasteiger charge is 2.16. The van der Waals surface area contributed by atoms with Gasteiger partial charge in [0.25, 0.3) is 5.91 Å². The lowest BCUT2D eigenvalue weighted by Gasteiger charge is -2.20. The zero-order chi connectivity index (χ0) is 12.8. The summed E-state index contributed by atoms with van der Waals surface area (Å²) < 4.78 is 1.66. The molecule has 0 aromatic heterocycles. The topological polar surface area (TPSA) is 20.3 Å². The van der Waals surface area contributed by atoms with E-state index in [-0.39, 0.29) is 5.91 Å². The second-order valence-corrected chi connectivity index (χ2v) is 5.18. The van der Waals surface area contributed by atoms with Crippen molar-refractivity contribution in [3.63, 3.8) is 0 Å². The van der Waals surface area contributed by atoms with Gasteiger partial charge in [-0.05, 0) is 34.1 Å². The van der Waals surface area contributed by atoms with Gasteiger partial charge in [-0.3, -0.25) is 4.79 Å². The maximum Gasteiger partial charge on any atom is 0.255 e. The van der Waals surface area contributed by atoms with Crippen LogP contribution in [0.25, 0.3) is 0 Å². The predicted molar refractivity (Wildman–Crippen MR) is 78.1 cm³/mol. The minimum Gasteiger partial charge on any atom is -0.331 e. The number of amides is 1. The van der Waals surface area contributed by atoms with Gasteiger partial charge < -0.3 is 4.90 Å². The van der Waals surface area contributed by atoms with Crippen molar-refractivity contribution in [3.05, 3.63) is 58.0 Å². The fourth-order valence-corrected chi connectivity index (χ4v) is 2.16. The number of nitrogens with zero attached hydrogens (tertiary/aromatic N) is 1. The van der Waals surface area contributed by atoms with Crippen molar-refractivity contribution in [1.29, 1.82) is 0 Å². The van der Waals surface area contributed by atoms with Crippen LogP contribution in [0.2, 0.25) is 0 Å². The van der Waals surface area contributed by atoms with Gasteiger partial charge in [0.05, 0.1) is 5.56 Å². The summed E-state index contributed by atoms with van der Waals surface area (Å²) in [6.07, 6.45) is 3.40.